The molecule has 1 fully saturated rings. The normalized spacial score (nSPS) is 16.5. The maximum absolute atomic E-state index is 14.3. The maximum Gasteiger partial charge on any atom is 0.171 e. The molecule has 1 aromatic carbocycles. The Kier molecular flexibility index (Phi) is 5.10. The smallest absolute Gasteiger partial charge is 0.171 e. The van der Waals surface area contributed by atoms with Crippen LogP contribution in [0.4, 0.5) is 21.6 Å². The van der Waals surface area contributed by atoms with Crippen molar-refractivity contribution in [1.82, 2.24) is 10.2 Å². The van der Waals surface area contributed by atoms with E-state index in [4.69, 9.17) is 4.74 Å². The second-order valence-electron chi connectivity index (χ2n) is 6.08. The van der Waals surface area contributed by atoms with Gasteiger partial charge in [0, 0.05) is 18.8 Å². The second-order valence-corrected chi connectivity index (χ2v) is 6.08. The van der Waals surface area contributed by atoms with E-state index in [1.807, 2.05) is 6.92 Å². The third kappa shape index (κ3) is 3.86. The summed E-state index contributed by atoms with van der Waals surface area (Å²) in [4.78, 5) is 0. The molecule has 2 aromatic rings. The Morgan fingerprint density at radius 1 is 1.36 bits per heavy atom. The Morgan fingerprint density at radius 2 is 2.20 bits per heavy atom. The van der Waals surface area contributed by atoms with Crippen molar-refractivity contribution < 1.29 is 9.13 Å². The van der Waals surface area contributed by atoms with Gasteiger partial charge in [-0.25, -0.2) is 4.39 Å². The van der Waals surface area contributed by atoms with Crippen LogP contribution < -0.4 is 10.6 Å². The third-order valence-electron chi connectivity index (χ3n) is 4.34. The van der Waals surface area contributed by atoms with Gasteiger partial charge in [0.25, 0.3) is 0 Å². The fourth-order valence-corrected chi connectivity index (χ4v) is 2.73. The van der Waals surface area contributed by atoms with E-state index in [0.29, 0.717) is 35.0 Å². The number of hydrogen-bond donors (Lipinski definition) is 2. The highest BCUT2D eigenvalue weighted by Crippen LogP contribution is 2.25. The molecular formula is C18H20FN5O. The van der Waals surface area contributed by atoms with Crippen molar-refractivity contribution in [2.75, 3.05) is 23.8 Å². The second kappa shape index (κ2) is 7.45. The van der Waals surface area contributed by atoms with Crippen LogP contribution in [-0.4, -0.2) is 29.5 Å². The molecule has 0 bridgehead atoms. The van der Waals surface area contributed by atoms with Crippen molar-refractivity contribution in [3.63, 3.8) is 0 Å². The molecule has 1 saturated heterocycles. The fourth-order valence-electron chi connectivity index (χ4n) is 2.73. The zero-order valence-corrected chi connectivity index (χ0v) is 14.3. The summed E-state index contributed by atoms with van der Waals surface area (Å²) in [7, 11) is 0. The van der Waals surface area contributed by atoms with Gasteiger partial charge in [0.05, 0.1) is 17.5 Å². The van der Waals surface area contributed by atoms with Gasteiger partial charge in [-0.1, -0.05) is 0 Å². The number of hydrogen-bond acceptors (Lipinski definition) is 6. The van der Waals surface area contributed by atoms with Crippen molar-refractivity contribution in [2.24, 2.45) is 0 Å². The first kappa shape index (κ1) is 17.1. The first-order valence-corrected chi connectivity index (χ1v) is 8.24. The van der Waals surface area contributed by atoms with Crippen LogP contribution in [0, 0.1) is 31.0 Å². The average molecular weight is 341 g/mol. The fraction of sp³-hybridized carbons (Fsp3) is 0.389. The molecule has 0 saturated carbocycles. The molecule has 0 amide bonds. The van der Waals surface area contributed by atoms with Gasteiger partial charge in [0.1, 0.15) is 17.4 Å². The molecule has 7 heteroatoms. The van der Waals surface area contributed by atoms with E-state index in [1.165, 1.54) is 6.07 Å². The van der Waals surface area contributed by atoms with E-state index >= 15 is 0 Å². The third-order valence-corrected chi connectivity index (χ3v) is 4.34. The summed E-state index contributed by atoms with van der Waals surface area (Å²) < 4.78 is 19.8. The first-order valence-electron chi connectivity index (χ1n) is 8.24. The summed E-state index contributed by atoms with van der Waals surface area (Å²) in [6.07, 6.45) is 2.19. The summed E-state index contributed by atoms with van der Waals surface area (Å²) in [5.74, 6) is -0.0524. The van der Waals surface area contributed by atoms with Crippen LogP contribution >= 0.6 is 0 Å². The summed E-state index contributed by atoms with van der Waals surface area (Å²) >= 11 is 0. The van der Waals surface area contributed by atoms with Crippen molar-refractivity contribution in [3.8, 4) is 6.07 Å². The van der Waals surface area contributed by atoms with E-state index in [0.717, 1.165) is 25.0 Å². The SMILES string of the molecule is Cc1nnc(Nc2ccc(NC[C@@H]3CCCO3)c(F)c2)c(C#N)c1C. The molecule has 0 radical (unpaired) electrons. The Bertz CT molecular complexity index is 812. The van der Waals surface area contributed by atoms with E-state index in [2.05, 4.69) is 26.9 Å². The lowest BCUT2D eigenvalue weighted by molar-refractivity contribution is 0.120. The highest BCUT2D eigenvalue weighted by Gasteiger charge is 2.16. The lowest BCUT2D eigenvalue weighted by atomic mass is 10.1. The van der Waals surface area contributed by atoms with E-state index in [9.17, 15) is 9.65 Å². The largest absolute Gasteiger partial charge is 0.380 e. The predicted molar refractivity (Wildman–Crippen MR) is 93.4 cm³/mol. The molecule has 130 valence electrons. The van der Waals surface area contributed by atoms with Gasteiger partial charge < -0.3 is 15.4 Å². The van der Waals surface area contributed by atoms with E-state index in [1.54, 1.807) is 19.1 Å². The van der Waals surface area contributed by atoms with Gasteiger partial charge >= 0.3 is 0 Å². The monoisotopic (exact) mass is 341 g/mol. The summed E-state index contributed by atoms with van der Waals surface area (Å²) in [6.45, 7) is 4.97. The minimum absolute atomic E-state index is 0.140. The van der Waals surface area contributed by atoms with Crippen molar-refractivity contribution >= 4 is 17.2 Å². The summed E-state index contributed by atoms with van der Waals surface area (Å²) in [5, 5.41) is 23.4. The minimum atomic E-state index is -0.377. The number of nitrogens with zero attached hydrogens (tertiary/aromatic N) is 3. The van der Waals surface area contributed by atoms with Crippen molar-refractivity contribution in [2.45, 2.75) is 32.8 Å². The molecule has 2 heterocycles. The van der Waals surface area contributed by atoms with Crippen LogP contribution in [0.1, 0.15) is 29.7 Å². The molecule has 1 aromatic heterocycles. The predicted octanol–water partition coefficient (Wildman–Crippen LogP) is 3.44. The highest BCUT2D eigenvalue weighted by atomic mass is 19.1. The average Bonchev–Trinajstić information content (AvgIpc) is 3.11. The Balaban J connectivity index is 1.73. The molecular weight excluding hydrogens is 321 g/mol. The Morgan fingerprint density at radius 3 is 2.88 bits per heavy atom. The quantitative estimate of drug-likeness (QED) is 0.867. The number of nitrogens with one attached hydrogen (secondary N) is 2. The van der Waals surface area contributed by atoms with Gasteiger partial charge in [-0.15, -0.1) is 5.10 Å². The lowest BCUT2D eigenvalue weighted by Crippen LogP contribution is -2.18. The van der Waals surface area contributed by atoms with E-state index in [-0.39, 0.29) is 11.9 Å². The van der Waals surface area contributed by atoms with Crippen LogP contribution in [0.3, 0.4) is 0 Å². The molecule has 0 unspecified atom stereocenters. The molecule has 1 aliphatic heterocycles. The first-order chi connectivity index (χ1) is 12.1. The summed E-state index contributed by atoms with van der Waals surface area (Å²) in [6, 6.07) is 6.88. The number of anilines is 3. The van der Waals surface area contributed by atoms with Gasteiger partial charge in [0.15, 0.2) is 5.82 Å². The van der Waals surface area contributed by atoms with Crippen LogP contribution in [0.5, 0.6) is 0 Å². The molecule has 25 heavy (non-hydrogen) atoms. The summed E-state index contributed by atoms with van der Waals surface area (Å²) in [5.41, 5.74) is 2.80. The lowest BCUT2D eigenvalue weighted by Gasteiger charge is -2.14. The topological polar surface area (TPSA) is 82.9 Å². The molecule has 6 nitrogen and oxygen atoms in total. The standard InChI is InChI=1S/C18H20FN5O/c1-11-12(2)23-24-18(15(11)9-20)22-13-5-6-17(16(19)8-13)21-10-14-4-3-7-25-14/h5-6,8,14,21H,3-4,7,10H2,1-2H3,(H,22,24)/t14-/m0/s1. The molecule has 0 aliphatic carbocycles. The number of aryl methyl sites for hydroxylation is 1. The maximum atomic E-state index is 14.3. The number of halogens is 1. The zero-order valence-electron chi connectivity index (χ0n) is 14.3. The van der Waals surface area contributed by atoms with E-state index < -0.39 is 0 Å². The molecule has 3 rings (SSSR count). The Labute approximate surface area is 146 Å². The molecule has 2 N–H and O–H groups in total. The van der Waals surface area contributed by atoms with Crippen LogP contribution in [0.15, 0.2) is 18.2 Å². The van der Waals surface area contributed by atoms with Gasteiger partial charge in [-0.3, -0.25) is 0 Å². The van der Waals surface area contributed by atoms with Gasteiger partial charge in [0.2, 0.25) is 0 Å². The van der Waals surface area contributed by atoms with Crippen LogP contribution in [0.2, 0.25) is 0 Å². The van der Waals surface area contributed by atoms with Crippen molar-refractivity contribution in [1.29, 1.82) is 5.26 Å². The van der Waals surface area contributed by atoms with Crippen LogP contribution in [0.25, 0.3) is 0 Å². The molecule has 0 spiro atoms. The van der Waals surface area contributed by atoms with Gasteiger partial charge in [-0.05, 0) is 50.5 Å². The number of rotatable bonds is 5. The van der Waals surface area contributed by atoms with Gasteiger partial charge in [-0.2, -0.15) is 10.4 Å². The Hall–Kier alpha value is -2.72. The number of ether oxygens (including phenoxy) is 1. The number of benzene rings is 1. The van der Waals surface area contributed by atoms with Crippen molar-refractivity contribution in [3.05, 3.63) is 40.8 Å². The molecule has 1 aliphatic rings. The highest BCUT2D eigenvalue weighted by molar-refractivity contribution is 5.66. The zero-order chi connectivity index (χ0) is 17.8. The minimum Gasteiger partial charge on any atom is -0.380 e. The molecule has 1 atom stereocenters. The number of nitriles is 1. The van der Waals surface area contributed by atoms with Crippen LogP contribution in [-0.2, 0) is 4.74 Å². The number of aromatic nitrogens is 2.